The summed E-state index contributed by atoms with van der Waals surface area (Å²) in [5.74, 6) is 1.19. The molecule has 4 aromatic rings. The zero-order valence-electron chi connectivity index (χ0n) is 16.2. The van der Waals surface area contributed by atoms with E-state index in [-0.39, 0.29) is 6.04 Å². The molecule has 0 bridgehead atoms. The maximum Gasteiger partial charge on any atom is 0.318 e. The number of anilines is 2. The van der Waals surface area contributed by atoms with Crippen LogP contribution < -0.4 is 10.2 Å². The predicted octanol–water partition coefficient (Wildman–Crippen LogP) is 4.48. The minimum atomic E-state index is 0.274. The van der Waals surface area contributed by atoms with Crippen molar-refractivity contribution < 1.29 is 4.42 Å². The van der Waals surface area contributed by atoms with Crippen LogP contribution in [0.15, 0.2) is 40.9 Å². The Hall–Kier alpha value is -2.84. The highest BCUT2D eigenvalue weighted by Gasteiger charge is 2.23. The van der Waals surface area contributed by atoms with Gasteiger partial charge in [0, 0.05) is 37.8 Å². The Labute approximate surface area is 182 Å². The van der Waals surface area contributed by atoms with E-state index in [1.165, 1.54) is 0 Å². The molecular weight excluding hydrogens is 425 g/mol. The summed E-state index contributed by atoms with van der Waals surface area (Å²) >= 11 is 12.3. The second kappa shape index (κ2) is 7.77. The molecule has 0 amide bonds. The van der Waals surface area contributed by atoms with Gasteiger partial charge in [-0.05, 0) is 42.7 Å². The van der Waals surface area contributed by atoms with E-state index in [0.29, 0.717) is 27.9 Å². The van der Waals surface area contributed by atoms with Crippen LogP contribution >= 0.6 is 23.2 Å². The van der Waals surface area contributed by atoms with E-state index in [0.717, 1.165) is 42.7 Å². The molecule has 8 nitrogen and oxygen atoms in total. The van der Waals surface area contributed by atoms with E-state index in [9.17, 15) is 0 Å². The third kappa shape index (κ3) is 3.68. The van der Waals surface area contributed by atoms with Crippen LogP contribution in [0.2, 0.25) is 10.0 Å². The van der Waals surface area contributed by atoms with Gasteiger partial charge in [-0.15, -0.1) is 10.2 Å². The second-order valence-corrected chi connectivity index (χ2v) is 8.08. The number of nitrogens with one attached hydrogen (secondary N) is 1. The minimum Gasteiger partial charge on any atom is -0.408 e. The van der Waals surface area contributed by atoms with Crippen molar-refractivity contribution >= 4 is 40.8 Å². The number of benzene rings is 1. The highest BCUT2D eigenvalue weighted by Crippen LogP contribution is 2.31. The number of aryl methyl sites for hydroxylation is 1. The molecule has 1 N–H and O–H groups in total. The fourth-order valence-corrected chi connectivity index (χ4v) is 3.97. The van der Waals surface area contributed by atoms with Gasteiger partial charge in [0.15, 0.2) is 5.65 Å². The zero-order valence-corrected chi connectivity index (χ0v) is 17.7. The SMILES string of the molecule is Cc1nnc(N2CCC(Nc3nc4c(-c5ccc(Cl)c(Cl)c5)cccn4n3)CC2)o1. The van der Waals surface area contributed by atoms with E-state index in [1.54, 1.807) is 17.5 Å². The molecule has 0 aliphatic carbocycles. The monoisotopic (exact) mass is 443 g/mol. The molecule has 1 saturated heterocycles. The van der Waals surface area contributed by atoms with Crippen molar-refractivity contribution in [3.05, 3.63) is 52.5 Å². The molecule has 10 heteroatoms. The Balaban J connectivity index is 1.33. The van der Waals surface area contributed by atoms with Crippen molar-refractivity contribution in [3.8, 4) is 11.1 Å². The quantitative estimate of drug-likeness (QED) is 0.497. The maximum absolute atomic E-state index is 6.20. The van der Waals surface area contributed by atoms with E-state index in [2.05, 4.69) is 25.5 Å². The van der Waals surface area contributed by atoms with Gasteiger partial charge in [-0.25, -0.2) is 4.52 Å². The van der Waals surface area contributed by atoms with Gasteiger partial charge < -0.3 is 14.6 Å². The van der Waals surface area contributed by atoms with Crippen LogP contribution in [0, 0.1) is 6.92 Å². The van der Waals surface area contributed by atoms with Crippen molar-refractivity contribution in [2.75, 3.05) is 23.3 Å². The van der Waals surface area contributed by atoms with Gasteiger partial charge in [0.2, 0.25) is 11.8 Å². The van der Waals surface area contributed by atoms with Crippen molar-refractivity contribution in [2.45, 2.75) is 25.8 Å². The first kappa shape index (κ1) is 19.1. The number of hydrogen-bond donors (Lipinski definition) is 1. The summed E-state index contributed by atoms with van der Waals surface area (Å²) in [7, 11) is 0. The Bertz CT molecular complexity index is 1200. The Kier molecular flexibility index (Phi) is 4.96. The van der Waals surface area contributed by atoms with Gasteiger partial charge in [-0.2, -0.15) is 4.98 Å². The molecule has 0 saturated carbocycles. The van der Waals surface area contributed by atoms with Crippen molar-refractivity contribution in [1.82, 2.24) is 24.8 Å². The number of piperidine rings is 1. The van der Waals surface area contributed by atoms with Crippen molar-refractivity contribution in [2.24, 2.45) is 0 Å². The molecule has 1 fully saturated rings. The summed E-state index contributed by atoms with van der Waals surface area (Å²) in [6, 6.07) is 10.4. The summed E-state index contributed by atoms with van der Waals surface area (Å²) in [5.41, 5.74) is 2.65. The molecule has 1 aliphatic heterocycles. The zero-order chi connectivity index (χ0) is 20.7. The highest BCUT2D eigenvalue weighted by atomic mass is 35.5. The molecule has 0 spiro atoms. The standard InChI is InChI=1S/C20H19Cl2N7O/c1-12-25-26-20(30-12)28-9-6-14(7-10-28)23-19-24-18-15(3-2-8-29(18)27-19)13-4-5-16(21)17(22)11-13/h2-5,8,11,14H,6-7,9-10H2,1H3,(H,23,27). The maximum atomic E-state index is 6.20. The highest BCUT2D eigenvalue weighted by molar-refractivity contribution is 6.42. The van der Waals surface area contributed by atoms with Crippen molar-refractivity contribution in [1.29, 1.82) is 0 Å². The number of fused-ring (bicyclic) bond motifs is 1. The lowest BCUT2D eigenvalue weighted by Crippen LogP contribution is -2.39. The molecule has 1 aliphatic rings. The number of nitrogens with zero attached hydrogens (tertiary/aromatic N) is 6. The average Bonchev–Trinajstić information content (AvgIpc) is 3.36. The third-order valence-electron chi connectivity index (χ3n) is 5.21. The molecular formula is C20H19Cl2N7O. The largest absolute Gasteiger partial charge is 0.408 e. The molecule has 4 heterocycles. The van der Waals surface area contributed by atoms with E-state index in [4.69, 9.17) is 32.6 Å². The number of aromatic nitrogens is 5. The van der Waals surface area contributed by atoms with Crippen molar-refractivity contribution in [3.63, 3.8) is 0 Å². The molecule has 0 radical (unpaired) electrons. The van der Waals surface area contributed by atoms with E-state index < -0.39 is 0 Å². The van der Waals surface area contributed by atoms with Gasteiger partial charge in [0.05, 0.1) is 10.0 Å². The van der Waals surface area contributed by atoms with Gasteiger partial charge in [0.1, 0.15) is 0 Å². The summed E-state index contributed by atoms with van der Waals surface area (Å²) in [6.45, 7) is 3.47. The van der Waals surface area contributed by atoms with Crippen LogP contribution in [0.25, 0.3) is 16.8 Å². The van der Waals surface area contributed by atoms with Gasteiger partial charge in [0.25, 0.3) is 0 Å². The summed E-state index contributed by atoms with van der Waals surface area (Å²) in [5, 5.41) is 17.1. The lowest BCUT2D eigenvalue weighted by atomic mass is 10.1. The average molecular weight is 444 g/mol. The van der Waals surface area contributed by atoms with Gasteiger partial charge in [-0.3, -0.25) is 0 Å². The Morgan fingerprint density at radius 3 is 2.67 bits per heavy atom. The van der Waals surface area contributed by atoms with E-state index in [1.807, 2.05) is 30.5 Å². The third-order valence-corrected chi connectivity index (χ3v) is 5.95. The molecule has 154 valence electrons. The number of pyridine rings is 1. The van der Waals surface area contributed by atoms with Gasteiger partial charge >= 0.3 is 6.01 Å². The molecule has 1 aromatic carbocycles. The molecule has 5 rings (SSSR count). The number of hydrogen-bond acceptors (Lipinski definition) is 7. The summed E-state index contributed by atoms with van der Waals surface area (Å²) in [4.78, 5) is 6.83. The van der Waals surface area contributed by atoms with Gasteiger partial charge in [-0.1, -0.05) is 34.4 Å². The topological polar surface area (TPSA) is 84.4 Å². The second-order valence-electron chi connectivity index (χ2n) is 7.26. The summed E-state index contributed by atoms with van der Waals surface area (Å²) < 4.78 is 7.30. The van der Waals surface area contributed by atoms with E-state index >= 15 is 0 Å². The fraction of sp³-hybridized carbons (Fsp3) is 0.300. The minimum absolute atomic E-state index is 0.274. The van der Waals surface area contributed by atoms with Crippen LogP contribution in [0.4, 0.5) is 12.0 Å². The van der Waals surface area contributed by atoms with Crippen LogP contribution in [0.1, 0.15) is 18.7 Å². The first-order chi connectivity index (χ1) is 14.6. The molecule has 3 aromatic heterocycles. The Morgan fingerprint density at radius 2 is 1.93 bits per heavy atom. The predicted molar refractivity (Wildman–Crippen MR) is 116 cm³/mol. The molecule has 0 atom stereocenters. The summed E-state index contributed by atoms with van der Waals surface area (Å²) in [6.07, 6.45) is 3.74. The van der Waals surface area contributed by atoms with Crippen LogP contribution in [0.3, 0.4) is 0 Å². The van der Waals surface area contributed by atoms with Crippen LogP contribution in [-0.2, 0) is 0 Å². The lowest BCUT2D eigenvalue weighted by molar-refractivity contribution is 0.458. The molecule has 0 unspecified atom stereocenters. The first-order valence-corrected chi connectivity index (χ1v) is 10.4. The fourth-order valence-electron chi connectivity index (χ4n) is 3.67. The lowest BCUT2D eigenvalue weighted by Gasteiger charge is -2.30. The molecule has 30 heavy (non-hydrogen) atoms. The smallest absolute Gasteiger partial charge is 0.318 e. The number of halogens is 2. The normalized spacial score (nSPS) is 15.1. The van der Waals surface area contributed by atoms with Crippen LogP contribution in [-0.4, -0.2) is 43.9 Å². The Morgan fingerprint density at radius 1 is 1.10 bits per heavy atom. The number of rotatable bonds is 4. The van der Waals surface area contributed by atoms with Crippen LogP contribution in [0.5, 0.6) is 0 Å². The first-order valence-electron chi connectivity index (χ1n) is 9.69.